The second-order valence-corrected chi connectivity index (χ2v) is 12.5. The Kier molecular flexibility index (Phi) is 6.80. The third-order valence-electron chi connectivity index (χ3n) is 7.01. The Balaban J connectivity index is 1.49. The number of nitriles is 1. The number of sulfonamides is 1. The van der Waals surface area contributed by atoms with E-state index in [2.05, 4.69) is 24.9 Å². The van der Waals surface area contributed by atoms with Crippen LogP contribution in [0, 0.1) is 11.3 Å². The summed E-state index contributed by atoms with van der Waals surface area (Å²) in [6.07, 6.45) is -0.763. The summed E-state index contributed by atoms with van der Waals surface area (Å²) in [7, 11) is -2.41. The number of fused-ring (bicyclic) bond motifs is 3. The Labute approximate surface area is 236 Å². The number of morpholine rings is 1. The Morgan fingerprint density at radius 2 is 2.02 bits per heavy atom. The number of nitrogens with one attached hydrogen (secondary N) is 1. The quantitative estimate of drug-likeness (QED) is 0.316. The standard InChI is InChI=1S/C24H23F2N9O4S2/c1-33(11-17(36)34-6-8-39-9-7-34)20-18-15-3-2-14(41(37,38)32-24(12-27)4-5-24)10-16(15)35(21(18)29-13-28-20)23-31-30-22(40-23)19(25)26/h2-3,10,13,19,32H,4-9,11H2,1H3. The van der Waals surface area contributed by atoms with Crippen molar-refractivity contribution in [1.29, 1.82) is 5.26 Å². The van der Waals surface area contributed by atoms with Gasteiger partial charge in [0.05, 0.1) is 41.6 Å². The summed E-state index contributed by atoms with van der Waals surface area (Å²) in [5, 5.41) is 17.4. The van der Waals surface area contributed by atoms with Crippen LogP contribution < -0.4 is 9.62 Å². The molecule has 1 aromatic carbocycles. The summed E-state index contributed by atoms with van der Waals surface area (Å²) in [5.74, 6) is 0.261. The van der Waals surface area contributed by atoms with E-state index in [0.717, 1.165) is 0 Å². The van der Waals surface area contributed by atoms with Crippen molar-refractivity contribution in [2.45, 2.75) is 29.7 Å². The van der Waals surface area contributed by atoms with Crippen molar-refractivity contribution in [2.75, 3.05) is 44.8 Å². The van der Waals surface area contributed by atoms with Gasteiger partial charge in [-0.15, -0.1) is 10.2 Å². The van der Waals surface area contributed by atoms with Crippen LogP contribution in [0.1, 0.15) is 24.3 Å². The predicted molar refractivity (Wildman–Crippen MR) is 143 cm³/mol. The lowest BCUT2D eigenvalue weighted by atomic mass is 10.2. The summed E-state index contributed by atoms with van der Waals surface area (Å²) in [5.41, 5.74) is -0.567. The normalized spacial score (nSPS) is 16.8. The predicted octanol–water partition coefficient (Wildman–Crippen LogP) is 1.99. The number of ether oxygens (including phenoxy) is 1. The Hall–Kier alpha value is -3.85. The molecular formula is C24H23F2N9O4S2. The molecule has 2 fully saturated rings. The molecule has 0 unspecified atom stereocenters. The van der Waals surface area contributed by atoms with Gasteiger partial charge in [-0.05, 0) is 25.0 Å². The molecule has 214 valence electrons. The number of hydrogen-bond donors (Lipinski definition) is 1. The van der Waals surface area contributed by atoms with E-state index >= 15 is 0 Å². The molecule has 41 heavy (non-hydrogen) atoms. The van der Waals surface area contributed by atoms with Gasteiger partial charge in [-0.2, -0.15) is 9.98 Å². The number of carbonyl (C=O) groups excluding carboxylic acids is 1. The highest BCUT2D eigenvalue weighted by Crippen LogP contribution is 2.39. The van der Waals surface area contributed by atoms with Gasteiger partial charge in [-0.1, -0.05) is 17.4 Å². The van der Waals surface area contributed by atoms with E-state index in [0.29, 0.717) is 72.6 Å². The van der Waals surface area contributed by atoms with Gasteiger partial charge in [0.2, 0.25) is 21.1 Å². The maximum atomic E-state index is 13.4. The average molecular weight is 604 g/mol. The molecule has 17 heteroatoms. The van der Waals surface area contributed by atoms with E-state index in [4.69, 9.17) is 4.74 Å². The number of halogens is 2. The summed E-state index contributed by atoms with van der Waals surface area (Å²) >= 11 is 0.645. The van der Waals surface area contributed by atoms with Crippen molar-refractivity contribution < 1.29 is 26.7 Å². The lowest BCUT2D eigenvalue weighted by Crippen LogP contribution is -2.45. The first-order valence-corrected chi connectivity index (χ1v) is 14.9. The molecule has 1 N–H and O–H groups in total. The van der Waals surface area contributed by atoms with E-state index in [9.17, 15) is 27.3 Å². The molecule has 0 atom stereocenters. The number of aromatic nitrogens is 5. The van der Waals surface area contributed by atoms with Crippen molar-refractivity contribution in [3.05, 3.63) is 29.5 Å². The zero-order chi connectivity index (χ0) is 28.9. The Bertz CT molecular complexity index is 1810. The molecule has 13 nitrogen and oxygen atoms in total. The maximum absolute atomic E-state index is 13.4. The summed E-state index contributed by atoms with van der Waals surface area (Å²) < 4.78 is 62.5. The first kappa shape index (κ1) is 27.3. The van der Waals surface area contributed by atoms with E-state index in [-0.39, 0.29) is 28.1 Å². The van der Waals surface area contributed by atoms with Crippen LogP contribution in [0.15, 0.2) is 29.4 Å². The second kappa shape index (κ2) is 10.2. The number of anilines is 1. The zero-order valence-corrected chi connectivity index (χ0v) is 23.3. The van der Waals surface area contributed by atoms with Crippen molar-refractivity contribution in [3.8, 4) is 11.2 Å². The highest BCUT2D eigenvalue weighted by atomic mass is 32.2. The summed E-state index contributed by atoms with van der Waals surface area (Å²) in [6.45, 7) is 1.87. The third kappa shape index (κ3) is 4.96. The van der Waals surface area contributed by atoms with Crippen LogP contribution in [0.4, 0.5) is 14.6 Å². The van der Waals surface area contributed by atoms with Crippen molar-refractivity contribution in [2.24, 2.45) is 0 Å². The van der Waals surface area contributed by atoms with E-state index in [1.165, 1.54) is 23.0 Å². The molecule has 0 spiro atoms. The van der Waals surface area contributed by atoms with Crippen LogP contribution in [0.3, 0.4) is 0 Å². The maximum Gasteiger partial charge on any atom is 0.291 e. The Morgan fingerprint density at radius 3 is 2.68 bits per heavy atom. The fourth-order valence-corrected chi connectivity index (χ4v) is 6.83. The third-order valence-corrected chi connectivity index (χ3v) is 9.46. The topological polar surface area (TPSA) is 159 Å². The number of benzene rings is 1. The molecule has 6 rings (SSSR count). The Morgan fingerprint density at radius 1 is 1.27 bits per heavy atom. The molecule has 4 aromatic rings. The first-order chi connectivity index (χ1) is 19.6. The van der Waals surface area contributed by atoms with Crippen LogP contribution in [0.5, 0.6) is 0 Å². The number of likely N-dealkylation sites (N-methyl/N-ethyl adjacent to an activating group) is 1. The largest absolute Gasteiger partial charge is 0.378 e. The fraction of sp³-hybridized carbons (Fsp3) is 0.417. The lowest BCUT2D eigenvalue weighted by molar-refractivity contribution is -0.133. The molecule has 1 saturated heterocycles. The van der Waals surface area contributed by atoms with Gasteiger partial charge >= 0.3 is 0 Å². The van der Waals surface area contributed by atoms with Gasteiger partial charge in [-0.3, -0.25) is 9.36 Å². The number of alkyl halides is 2. The molecule has 4 heterocycles. The van der Waals surface area contributed by atoms with Gasteiger partial charge in [0.15, 0.2) is 10.7 Å². The minimum Gasteiger partial charge on any atom is -0.378 e. The van der Waals surface area contributed by atoms with Gasteiger partial charge in [0.25, 0.3) is 6.43 Å². The number of carbonyl (C=O) groups is 1. The number of amides is 1. The van der Waals surface area contributed by atoms with Crippen LogP contribution in [0.25, 0.3) is 27.1 Å². The summed E-state index contributed by atoms with van der Waals surface area (Å²) in [6, 6.07) is 6.33. The van der Waals surface area contributed by atoms with Gasteiger partial charge < -0.3 is 14.5 Å². The molecular weight excluding hydrogens is 580 g/mol. The number of rotatable bonds is 8. The van der Waals surface area contributed by atoms with E-state index < -0.39 is 27.0 Å². The smallest absolute Gasteiger partial charge is 0.291 e. The van der Waals surface area contributed by atoms with E-state index in [1.807, 2.05) is 6.07 Å². The fourth-order valence-electron chi connectivity index (χ4n) is 4.72. The molecule has 0 bridgehead atoms. The van der Waals surface area contributed by atoms with Crippen LogP contribution in [-0.4, -0.2) is 89.4 Å². The van der Waals surface area contributed by atoms with Crippen LogP contribution in [-0.2, 0) is 19.6 Å². The van der Waals surface area contributed by atoms with Gasteiger partial charge in [0, 0.05) is 25.5 Å². The monoisotopic (exact) mass is 603 g/mol. The van der Waals surface area contributed by atoms with Crippen molar-refractivity contribution in [3.63, 3.8) is 0 Å². The molecule has 1 amide bonds. The van der Waals surface area contributed by atoms with Crippen LogP contribution in [0.2, 0.25) is 0 Å². The molecule has 0 radical (unpaired) electrons. The lowest BCUT2D eigenvalue weighted by Gasteiger charge is -2.29. The highest BCUT2D eigenvalue weighted by molar-refractivity contribution is 7.89. The molecule has 1 aliphatic heterocycles. The number of nitrogens with zero attached hydrogens (tertiary/aromatic N) is 8. The van der Waals surface area contributed by atoms with Crippen molar-refractivity contribution >= 4 is 55.0 Å². The average Bonchev–Trinajstić information content (AvgIpc) is 3.40. The van der Waals surface area contributed by atoms with E-state index in [1.54, 1.807) is 22.9 Å². The zero-order valence-electron chi connectivity index (χ0n) is 21.6. The summed E-state index contributed by atoms with van der Waals surface area (Å²) in [4.78, 5) is 25.0. The SMILES string of the molecule is CN(CC(=O)N1CCOCC1)c1ncnc2c1c1ccc(S(=O)(=O)NC3(C#N)CC3)cc1n2-c1nnc(C(F)F)s1. The molecule has 1 aliphatic carbocycles. The molecule has 3 aromatic heterocycles. The minimum absolute atomic E-state index is 0.000248. The molecule has 1 saturated carbocycles. The van der Waals surface area contributed by atoms with Gasteiger partial charge in [0.1, 0.15) is 17.7 Å². The van der Waals surface area contributed by atoms with Crippen molar-refractivity contribution in [1.82, 2.24) is 34.4 Å². The van der Waals surface area contributed by atoms with Gasteiger partial charge in [-0.25, -0.2) is 27.2 Å². The van der Waals surface area contributed by atoms with Crippen LogP contribution >= 0.6 is 11.3 Å². The second-order valence-electron chi connectivity index (χ2n) is 9.78. The first-order valence-electron chi connectivity index (χ1n) is 12.6. The highest BCUT2D eigenvalue weighted by Gasteiger charge is 2.47. The molecule has 2 aliphatic rings. The minimum atomic E-state index is -4.10. The number of hydrogen-bond acceptors (Lipinski definition) is 11.